The highest BCUT2D eigenvalue weighted by Crippen LogP contribution is 2.36. The molecule has 0 unspecified atom stereocenters. The molecule has 0 aromatic heterocycles. The van der Waals surface area contributed by atoms with Crippen molar-refractivity contribution < 1.29 is 9.53 Å². The minimum Gasteiger partial charge on any atom is -0.462 e. The first-order chi connectivity index (χ1) is 14.2. The smallest absolute Gasteiger partial charge is 0.310 e. The predicted octanol–water partition coefficient (Wildman–Crippen LogP) is 5.98. The van der Waals surface area contributed by atoms with Gasteiger partial charge in [0.2, 0.25) is 0 Å². The summed E-state index contributed by atoms with van der Waals surface area (Å²) >= 11 is 0. The fourth-order valence-corrected chi connectivity index (χ4v) is 5.64. The van der Waals surface area contributed by atoms with E-state index in [1.54, 1.807) is 0 Å². The minimum atomic E-state index is -0.136. The Bertz CT molecular complexity index is 1220. The average molecular weight is 400 g/mol. The van der Waals surface area contributed by atoms with Crippen LogP contribution in [0.5, 0.6) is 0 Å². The van der Waals surface area contributed by atoms with Gasteiger partial charge in [0.1, 0.15) is 6.10 Å². The Kier molecular flexibility index (Phi) is 4.30. The number of nitrogens with one attached hydrogen (secondary N) is 1. The Hall–Kier alpha value is -2.65. The molecule has 1 N–H and O–H groups in total. The largest absolute Gasteiger partial charge is 0.462 e. The third-order valence-corrected chi connectivity index (χ3v) is 6.40. The maximum atomic E-state index is 12.9. The normalized spacial score (nSPS) is 18.9. The number of hydrogen-bond donors (Lipinski definition) is 1. The van der Waals surface area contributed by atoms with E-state index >= 15 is 0 Å². The summed E-state index contributed by atoms with van der Waals surface area (Å²) in [5.74, 6) is -0.136. The number of rotatable bonds is 3. The van der Waals surface area contributed by atoms with Crippen LogP contribution in [0, 0.1) is 0 Å². The molecule has 1 heterocycles. The van der Waals surface area contributed by atoms with E-state index in [-0.39, 0.29) is 23.2 Å². The van der Waals surface area contributed by atoms with Crippen LogP contribution in [0.3, 0.4) is 0 Å². The summed E-state index contributed by atoms with van der Waals surface area (Å²) in [4.78, 5) is 12.9. The molecule has 4 aromatic carbocycles. The van der Waals surface area contributed by atoms with Gasteiger partial charge < -0.3 is 10.1 Å². The van der Waals surface area contributed by atoms with Gasteiger partial charge in [-0.15, -0.1) is 0 Å². The zero-order chi connectivity index (χ0) is 21.1. The van der Waals surface area contributed by atoms with Crippen molar-refractivity contribution in [1.29, 1.82) is 0 Å². The van der Waals surface area contributed by atoms with E-state index in [0.717, 1.165) is 23.8 Å². The monoisotopic (exact) mass is 399 g/mol. The van der Waals surface area contributed by atoms with E-state index in [0.29, 0.717) is 6.42 Å². The molecule has 0 radical (unpaired) electrons. The van der Waals surface area contributed by atoms with Gasteiger partial charge in [0.25, 0.3) is 0 Å². The number of benzene rings is 4. The quantitative estimate of drug-likeness (QED) is 0.340. The van der Waals surface area contributed by atoms with Crippen LogP contribution in [0.4, 0.5) is 0 Å². The van der Waals surface area contributed by atoms with E-state index in [9.17, 15) is 4.79 Å². The van der Waals surface area contributed by atoms with Gasteiger partial charge >= 0.3 is 5.97 Å². The molecule has 3 nitrogen and oxygen atoms in total. The average Bonchev–Trinajstić information content (AvgIpc) is 2.64. The third-order valence-electron chi connectivity index (χ3n) is 6.40. The predicted molar refractivity (Wildman–Crippen MR) is 124 cm³/mol. The number of esters is 1. The first-order valence-corrected chi connectivity index (χ1v) is 10.9. The number of carbonyl (C=O) groups excluding carboxylic acids is 1. The molecular formula is C27H29NO2. The fourth-order valence-electron chi connectivity index (χ4n) is 5.64. The Labute approximate surface area is 177 Å². The first kappa shape index (κ1) is 19.3. The summed E-state index contributed by atoms with van der Waals surface area (Å²) in [6.45, 7) is 8.71. The number of piperidine rings is 1. The molecule has 0 bridgehead atoms. The molecule has 0 aliphatic carbocycles. The highest BCUT2D eigenvalue weighted by molar-refractivity contribution is 6.23. The lowest BCUT2D eigenvalue weighted by molar-refractivity contribution is -0.152. The second-order valence-corrected chi connectivity index (χ2v) is 10.2. The van der Waals surface area contributed by atoms with Crippen LogP contribution in [0.15, 0.2) is 54.6 Å². The molecule has 0 spiro atoms. The summed E-state index contributed by atoms with van der Waals surface area (Å²) in [5.41, 5.74) is 0.956. The molecule has 30 heavy (non-hydrogen) atoms. The summed E-state index contributed by atoms with van der Waals surface area (Å²) in [5, 5.41) is 11.0. The van der Waals surface area contributed by atoms with Gasteiger partial charge in [0, 0.05) is 23.9 Å². The van der Waals surface area contributed by atoms with Gasteiger partial charge in [0.15, 0.2) is 0 Å². The second kappa shape index (κ2) is 6.68. The highest BCUT2D eigenvalue weighted by Gasteiger charge is 2.39. The molecule has 4 aromatic rings. The van der Waals surface area contributed by atoms with Crippen molar-refractivity contribution in [2.45, 2.75) is 64.1 Å². The zero-order valence-corrected chi connectivity index (χ0v) is 18.2. The van der Waals surface area contributed by atoms with Crippen molar-refractivity contribution >= 4 is 38.3 Å². The van der Waals surface area contributed by atoms with Crippen LogP contribution >= 0.6 is 0 Å². The van der Waals surface area contributed by atoms with Gasteiger partial charge in [-0.3, -0.25) is 4.79 Å². The molecular weight excluding hydrogens is 370 g/mol. The summed E-state index contributed by atoms with van der Waals surface area (Å²) in [6.07, 6.45) is 1.92. The highest BCUT2D eigenvalue weighted by atomic mass is 16.5. The lowest BCUT2D eigenvalue weighted by atomic mass is 9.81. The molecule has 1 fully saturated rings. The summed E-state index contributed by atoms with van der Waals surface area (Å²) in [7, 11) is 0. The van der Waals surface area contributed by atoms with Crippen molar-refractivity contribution in [2.75, 3.05) is 0 Å². The molecule has 1 aliphatic rings. The Morgan fingerprint density at radius 3 is 2.10 bits per heavy atom. The molecule has 3 heteroatoms. The zero-order valence-electron chi connectivity index (χ0n) is 18.2. The van der Waals surface area contributed by atoms with Gasteiger partial charge in [-0.2, -0.15) is 0 Å². The van der Waals surface area contributed by atoms with Gasteiger partial charge in [-0.05, 0) is 65.6 Å². The van der Waals surface area contributed by atoms with E-state index in [1.807, 2.05) is 0 Å². The standard InChI is InChI=1S/C27H29NO2/c1-26(2)15-21(16-27(3,4)28-26)30-23(29)14-20-11-10-19-9-8-17-6-5-7-18-12-13-22(20)25(19)24(17)18/h5-13,21,28H,14-16H2,1-4H3. The molecule has 154 valence electrons. The maximum Gasteiger partial charge on any atom is 0.310 e. The molecule has 1 saturated heterocycles. The van der Waals surface area contributed by atoms with E-state index < -0.39 is 0 Å². The van der Waals surface area contributed by atoms with Crippen molar-refractivity contribution in [3.05, 3.63) is 60.2 Å². The van der Waals surface area contributed by atoms with E-state index in [2.05, 4.69) is 87.6 Å². The lowest BCUT2D eigenvalue weighted by Crippen LogP contribution is -2.59. The van der Waals surface area contributed by atoms with Crippen molar-refractivity contribution in [3.63, 3.8) is 0 Å². The molecule has 0 saturated carbocycles. The van der Waals surface area contributed by atoms with Crippen LogP contribution in [0.1, 0.15) is 46.1 Å². The Morgan fingerprint density at radius 2 is 1.43 bits per heavy atom. The van der Waals surface area contributed by atoms with Gasteiger partial charge in [-0.25, -0.2) is 0 Å². The van der Waals surface area contributed by atoms with Crippen LogP contribution in [0.25, 0.3) is 32.3 Å². The van der Waals surface area contributed by atoms with Crippen molar-refractivity contribution in [2.24, 2.45) is 0 Å². The number of hydrogen-bond acceptors (Lipinski definition) is 3. The number of carbonyl (C=O) groups is 1. The summed E-state index contributed by atoms with van der Waals surface area (Å²) < 4.78 is 5.98. The van der Waals surface area contributed by atoms with Gasteiger partial charge in [-0.1, -0.05) is 54.6 Å². The van der Waals surface area contributed by atoms with Crippen molar-refractivity contribution in [1.82, 2.24) is 5.32 Å². The van der Waals surface area contributed by atoms with Crippen molar-refractivity contribution in [3.8, 4) is 0 Å². The van der Waals surface area contributed by atoms with Crippen LogP contribution in [-0.2, 0) is 16.0 Å². The summed E-state index contributed by atoms with van der Waals surface area (Å²) in [6, 6.07) is 19.3. The maximum absolute atomic E-state index is 12.9. The Balaban J connectivity index is 1.46. The fraction of sp³-hybridized carbons (Fsp3) is 0.370. The molecule has 5 rings (SSSR count). The molecule has 0 amide bonds. The molecule has 0 atom stereocenters. The first-order valence-electron chi connectivity index (χ1n) is 10.9. The second-order valence-electron chi connectivity index (χ2n) is 10.2. The Morgan fingerprint density at radius 1 is 0.867 bits per heavy atom. The van der Waals surface area contributed by atoms with Crippen LogP contribution in [-0.4, -0.2) is 23.2 Å². The minimum absolute atomic E-state index is 0.0420. The lowest BCUT2D eigenvalue weighted by Gasteiger charge is -2.45. The number of ether oxygens (including phenoxy) is 1. The SMILES string of the molecule is CC1(C)CC(OC(=O)Cc2ccc3ccc4cccc5ccc2c3c45)CC(C)(C)N1. The van der Waals surface area contributed by atoms with E-state index in [4.69, 9.17) is 4.74 Å². The van der Waals surface area contributed by atoms with Crippen LogP contribution in [0.2, 0.25) is 0 Å². The van der Waals surface area contributed by atoms with E-state index in [1.165, 1.54) is 26.9 Å². The van der Waals surface area contributed by atoms with Crippen LogP contribution < -0.4 is 5.32 Å². The topological polar surface area (TPSA) is 38.3 Å². The third kappa shape index (κ3) is 3.41. The van der Waals surface area contributed by atoms with Gasteiger partial charge in [0.05, 0.1) is 6.42 Å². The molecule has 1 aliphatic heterocycles.